The lowest BCUT2D eigenvalue weighted by atomic mass is 9.75. The number of benzene rings is 2. The number of para-hydroxylation sites is 1. The molecule has 1 aliphatic carbocycles. The van der Waals surface area contributed by atoms with E-state index < -0.39 is 11.9 Å². The van der Waals surface area contributed by atoms with Crippen molar-refractivity contribution in [3.05, 3.63) is 86.7 Å². The Balaban J connectivity index is 1.59. The van der Waals surface area contributed by atoms with Crippen molar-refractivity contribution in [2.24, 2.45) is 0 Å². The SMILES string of the molecule is CC1=C(C(=O)OCCOc2ccccc2)[C@H](c2ccc(Cl)cc2Cl)C2=C(CCCC2=O)N1. The van der Waals surface area contributed by atoms with Gasteiger partial charge in [0, 0.05) is 39.4 Å². The summed E-state index contributed by atoms with van der Waals surface area (Å²) >= 11 is 12.6. The van der Waals surface area contributed by atoms with Crippen LogP contribution in [0, 0.1) is 0 Å². The van der Waals surface area contributed by atoms with Crippen molar-refractivity contribution in [2.75, 3.05) is 13.2 Å². The van der Waals surface area contributed by atoms with Gasteiger partial charge in [0.15, 0.2) is 5.78 Å². The van der Waals surface area contributed by atoms with Crippen molar-refractivity contribution in [3.8, 4) is 5.75 Å². The molecule has 2 aromatic rings. The van der Waals surface area contributed by atoms with E-state index in [2.05, 4.69) is 5.32 Å². The summed E-state index contributed by atoms with van der Waals surface area (Å²) in [5.41, 5.74) is 3.12. The Morgan fingerprint density at radius 1 is 1.09 bits per heavy atom. The van der Waals surface area contributed by atoms with Gasteiger partial charge in [0.2, 0.25) is 0 Å². The number of ketones is 1. The number of esters is 1. The molecule has 0 fully saturated rings. The Morgan fingerprint density at radius 2 is 1.88 bits per heavy atom. The fourth-order valence-corrected chi connectivity index (χ4v) is 4.71. The number of ether oxygens (including phenoxy) is 2. The van der Waals surface area contributed by atoms with Gasteiger partial charge in [0.25, 0.3) is 0 Å². The Hall–Kier alpha value is -2.76. The monoisotopic (exact) mass is 471 g/mol. The first kappa shape index (κ1) is 22.4. The third kappa shape index (κ3) is 4.69. The van der Waals surface area contributed by atoms with E-state index in [1.165, 1.54) is 0 Å². The van der Waals surface area contributed by atoms with Gasteiger partial charge >= 0.3 is 5.97 Å². The van der Waals surface area contributed by atoms with Crippen molar-refractivity contribution in [3.63, 3.8) is 0 Å². The van der Waals surface area contributed by atoms with E-state index in [1.54, 1.807) is 18.2 Å². The average molecular weight is 472 g/mol. The number of carbonyl (C=O) groups excluding carboxylic acids is 2. The van der Waals surface area contributed by atoms with Gasteiger partial charge in [0.1, 0.15) is 19.0 Å². The summed E-state index contributed by atoms with van der Waals surface area (Å²) < 4.78 is 11.1. The number of rotatable bonds is 6. The molecule has 1 N–H and O–H groups in total. The fraction of sp³-hybridized carbons (Fsp3) is 0.280. The van der Waals surface area contributed by atoms with Gasteiger partial charge in [-0.05, 0) is 49.6 Å². The number of hydrogen-bond donors (Lipinski definition) is 1. The smallest absolute Gasteiger partial charge is 0.336 e. The summed E-state index contributed by atoms with van der Waals surface area (Å²) in [6.07, 6.45) is 1.96. The molecular weight excluding hydrogens is 449 g/mol. The molecule has 0 aromatic heterocycles. The maximum Gasteiger partial charge on any atom is 0.336 e. The summed E-state index contributed by atoms with van der Waals surface area (Å²) in [5.74, 6) is -0.398. The van der Waals surface area contributed by atoms with Crippen LogP contribution in [-0.4, -0.2) is 25.0 Å². The number of Topliss-reactive ketones (excluding diaryl/α,β-unsaturated/α-hetero) is 1. The van der Waals surface area contributed by atoms with Crippen molar-refractivity contribution in [2.45, 2.75) is 32.1 Å². The number of dihydropyridines is 1. The van der Waals surface area contributed by atoms with Gasteiger partial charge in [-0.1, -0.05) is 47.5 Å². The summed E-state index contributed by atoms with van der Waals surface area (Å²) in [5, 5.41) is 4.15. The number of nitrogens with one attached hydrogen (secondary N) is 1. The molecule has 5 nitrogen and oxygen atoms in total. The largest absolute Gasteiger partial charge is 0.490 e. The van der Waals surface area contributed by atoms with E-state index in [0.717, 1.165) is 18.5 Å². The molecule has 2 aliphatic rings. The zero-order valence-electron chi connectivity index (χ0n) is 17.6. The molecule has 2 aromatic carbocycles. The second-order valence-electron chi connectivity index (χ2n) is 7.73. The van der Waals surface area contributed by atoms with Crippen LogP contribution in [0.5, 0.6) is 5.75 Å². The lowest BCUT2D eigenvalue weighted by molar-refractivity contribution is -0.140. The maximum absolute atomic E-state index is 13.2. The van der Waals surface area contributed by atoms with Crippen LogP contribution in [0.3, 0.4) is 0 Å². The number of carbonyl (C=O) groups is 2. The van der Waals surface area contributed by atoms with Gasteiger partial charge < -0.3 is 14.8 Å². The third-order valence-electron chi connectivity index (χ3n) is 5.60. The molecule has 1 aliphatic heterocycles. The summed E-state index contributed by atoms with van der Waals surface area (Å²) in [4.78, 5) is 26.1. The van der Waals surface area contributed by atoms with Crippen LogP contribution in [0.1, 0.15) is 37.7 Å². The van der Waals surface area contributed by atoms with Crippen molar-refractivity contribution in [1.29, 1.82) is 0 Å². The molecule has 0 amide bonds. The van der Waals surface area contributed by atoms with E-state index in [-0.39, 0.29) is 19.0 Å². The van der Waals surface area contributed by atoms with E-state index in [4.69, 9.17) is 32.7 Å². The van der Waals surface area contributed by atoms with Crippen LogP contribution in [0.4, 0.5) is 0 Å². The van der Waals surface area contributed by atoms with Crippen molar-refractivity contribution < 1.29 is 19.1 Å². The molecule has 4 rings (SSSR count). The van der Waals surface area contributed by atoms with Crippen LogP contribution in [0.15, 0.2) is 71.1 Å². The normalized spacial score (nSPS) is 18.2. The molecule has 32 heavy (non-hydrogen) atoms. The maximum atomic E-state index is 13.2. The fourth-order valence-electron chi connectivity index (χ4n) is 4.19. The first-order chi connectivity index (χ1) is 15.5. The first-order valence-electron chi connectivity index (χ1n) is 10.5. The van der Waals surface area contributed by atoms with Gasteiger partial charge in [-0.25, -0.2) is 4.79 Å². The zero-order valence-corrected chi connectivity index (χ0v) is 19.1. The summed E-state index contributed by atoms with van der Waals surface area (Å²) in [7, 11) is 0. The predicted molar refractivity (Wildman–Crippen MR) is 124 cm³/mol. The molecule has 0 spiro atoms. The molecule has 1 heterocycles. The van der Waals surface area contributed by atoms with E-state index in [9.17, 15) is 9.59 Å². The van der Waals surface area contributed by atoms with Crippen LogP contribution in [0.25, 0.3) is 0 Å². The molecule has 166 valence electrons. The number of allylic oxidation sites excluding steroid dienone is 3. The van der Waals surface area contributed by atoms with Gasteiger partial charge in [-0.2, -0.15) is 0 Å². The first-order valence-corrected chi connectivity index (χ1v) is 11.2. The molecule has 1 atom stereocenters. The minimum Gasteiger partial charge on any atom is -0.490 e. The quantitative estimate of drug-likeness (QED) is 0.439. The van der Waals surface area contributed by atoms with Crippen LogP contribution in [0.2, 0.25) is 10.0 Å². The predicted octanol–water partition coefficient (Wildman–Crippen LogP) is 5.58. The van der Waals surface area contributed by atoms with Crippen LogP contribution >= 0.6 is 23.2 Å². The minimum absolute atomic E-state index is 0.0139. The minimum atomic E-state index is -0.605. The van der Waals surface area contributed by atoms with E-state index in [1.807, 2.05) is 37.3 Å². The Bertz CT molecular complexity index is 1110. The molecule has 0 bridgehead atoms. The molecule has 0 radical (unpaired) electrons. The Labute approximate surface area is 197 Å². The van der Waals surface area contributed by atoms with Gasteiger partial charge in [-0.3, -0.25) is 4.79 Å². The highest BCUT2D eigenvalue weighted by Crippen LogP contribution is 2.44. The third-order valence-corrected chi connectivity index (χ3v) is 6.16. The average Bonchev–Trinajstić information content (AvgIpc) is 2.77. The lowest BCUT2D eigenvalue weighted by Gasteiger charge is -2.34. The van der Waals surface area contributed by atoms with Gasteiger partial charge in [-0.15, -0.1) is 0 Å². The summed E-state index contributed by atoms with van der Waals surface area (Å²) in [6, 6.07) is 14.4. The zero-order chi connectivity index (χ0) is 22.7. The highest BCUT2D eigenvalue weighted by molar-refractivity contribution is 6.35. The second kappa shape index (κ2) is 9.80. The standard InChI is InChI=1S/C25H23Cl2NO4/c1-15-22(25(30)32-13-12-31-17-6-3-2-4-7-17)23(18-11-10-16(26)14-19(18)27)24-20(28-15)8-5-9-21(24)29/h2-4,6-7,10-11,14,23,28H,5,8-9,12-13H2,1H3/t23-/m0/s1. The van der Waals surface area contributed by atoms with Gasteiger partial charge in [0.05, 0.1) is 5.57 Å². The lowest BCUT2D eigenvalue weighted by Crippen LogP contribution is -2.34. The second-order valence-corrected chi connectivity index (χ2v) is 8.57. The van der Waals surface area contributed by atoms with Crippen molar-refractivity contribution >= 4 is 35.0 Å². The van der Waals surface area contributed by atoms with Crippen molar-refractivity contribution in [1.82, 2.24) is 5.32 Å². The van der Waals surface area contributed by atoms with Crippen LogP contribution < -0.4 is 10.1 Å². The molecule has 0 saturated heterocycles. The van der Waals surface area contributed by atoms with E-state index in [0.29, 0.717) is 44.6 Å². The summed E-state index contributed by atoms with van der Waals surface area (Å²) in [6.45, 7) is 2.11. The topological polar surface area (TPSA) is 64.6 Å². The number of hydrogen-bond acceptors (Lipinski definition) is 5. The van der Waals surface area contributed by atoms with E-state index >= 15 is 0 Å². The number of halogens is 2. The molecular formula is C25H23Cl2NO4. The Morgan fingerprint density at radius 3 is 2.62 bits per heavy atom. The molecule has 0 saturated carbocycles. The highest BCUT2D eigenvalue weighted by atomic mass is 35.5. The molecule has 0 unspecified atom stereocenters. The molecule has 7 heteroatoms. The Kier molecular flexibility index (Phi) is 6.87. The highest BCUT2D eigenvalue weighted by Gasteiger charge is 2.39. The van der Waals surface area contributed by atoms with Crippen LogP contribution in [-0.2, 0) is 14.3 Å².